The summed E-state index contributed by atoms with van der Waals surface area (Å²) < 4.78 is 0. The number of rotatable bonds is 4. The molecule has 0 N–H and O–H groups in total. The van der Waals surface area contributed by atoms with Crippen molar-refractivity contribution in [1.82, 2.24) is 0 Å². The van der Waals surface area contributed by atoms with E-state index in [-0.39, 0.29) is 25.2 Å². The molecule has 0 aliphatic heterocycles. The van der Waals surface area contributed by atoms with Crippen LogP contribution in [0.4, 0.5) is 0 Å². The Bertz CT molecular complexity index is 158. The topological polar surface area (TPSA) is 80.3 Å². The molecule has 12 heavy (non-hydrogen) atoms. The molecule has 0 heterocycles. The molecule has 4 nitrogen and oxygen atoms in total. The first-order valence-electron chi connectivity index (χ1n) is 3.44. The fourth-order valence-electron chi connectivity index (χ4n) is 0.911. The average Bonchev–Trinajstić information content (AvgIpc) is 1.90. The maximum Gasteiger partial charge on any atom is 0.0532 e. The van der Waals surface area contributed by atoms with E-state index >= 15 is 0 Å². The van der Waals surface area contributed by atoms with Gasteiger partial charge in [-0.15, -0.1) is 12.4 Å². The van der Waals surface area contributed by atoms with E-state index in [0.29, 0.717) is 0 Å². The summed E-state index contributed by atoms with van der Waals surface area (Å²) in [6, 6.07) is 0. The molecule has 0 spiro atoms. The van der Waals surface area contributed by atoms with Crippen molar-refractivity contribution in [1.29, 1.82) is 0 Å². The van der Waals surface area contributed by atoms with Crippen LogP contribution in [-0.2, 0) is 9.59 Å². The van der Waals surface area contributed by atoms with Crippen molar-refractivity contribution in [3.63, 3.8) is 0 Å². The molecule has 0 amide bonds. The van der Waals surface area contributed by atoms with Gasteiger partial charge in [0.15, 0.2) is 0 Å². The highest BCUT2D eigenvalue weighted by molar-refractivity contribution is 5.95. The predicted molar refractivity (Wildman–Crippen MR) is 40.3 cm³/mol. The van der Waals surface area contributed by atoms with Crippen LogP contribution in [0.25, 0.3) is 0 Å². The summed E-state index contributed by atoms with van der Waals surface area (Å²) >= 11 is 0. The van der Waals surface area contributed by atoms with Gasteiger partial charge in [-0.1, -0.05) is 13.8 Å². The van der Waals surface area contributed by atoms with Crippen molar-refractivity contribution in [2.24, 2.45) is 5.41 Å². The van der Waals surface area contributed by atoms with Crippen molar-refractivity contribution < 1.29 is 19.8 Å². The Balaban J connectivity index is 0. The molecule has 0 fully saturated rings. The highest BCUT2D eigenvalue weighted by Crippen LogP contribution is 2.24. The number of halogens is 1. The summed E-state index contributed by atoms with van der Waals surface area (Å²) in [7, 11) is 0. The summed E-state index contributed by atoms with van der Waals surface area (Å²) in [6.45, 7) is 2.96. The lowest BCUT2D eigenvalue weighted by atomic mass is 9.83. The van der Waals surface area contributed by atoms with Crippen molar-refractivity contribution >= 4 is 24.3 Å². The van der Waals surface area contributed by atoms with Gasteiger partial charge in [0.1, 0.15) is 0 Å². The molecule has 0 saturated heterocycles. The third kappa shape index (κ3) is 2.11. The minimum atomic E-state index is -1.81. The Morgan fingerprint density at radius 2 is 1.33 bits per heavy atom. The second kappa shape index (κ2) is 4.98. The first kappa shape index (κ1) is 13.8. The molecule has 0 rings (SSSR count). The lowest BCUT2D eigenvalue weighted by molar-refractivity contribution is -0.343. The third-order valence-corrected chi connectivity index (χ3v) is 1.99. The van der Waals surface area contributed by atoms with E-state index in [1.54, 1.807) is 0 Å². The van der Waals surface area contributed by atoms with E-state index in [9.17, 15) is 19.8 Å². The minimum absolute atomic E-state index is 0. The monoisotopic (exact) mass is 194 g/mol. The number of carbonyl (C=O) groups excluding carboxylic acids is 2. The van der Waals surface area contributed by atoms with Crippen LogP contribution < -0.4 is 10.2 Å². The predicted octanol–water partition coefficient (Wildman–Crippen LogP) is -1.29. The van der Waals surface area contributed by atoms with Gasteiger partial charge in [-0.2, -0.15) is 0 Å². The summed E-state index contributed by atoms with van der Waals surface area (Å²) in [4.78, 5) is 20.8. The largest absolute Gasteiger partial charge is 0.549 e. The molecule has 72 valence electrons. The molecular formula is C7H11ClO4-2. The summed E-state index contributed by atoms with van der Waals surface area (Å²) in [6.07, 6.45) is -0.0116. The van der Waals surface area contributed by atoms with Gasteiger partial charge in [-0.25, -0.2) is 0 Å². The van der Waals surface area contributed by atoms with Crippen molar-refractivity contribution in [2.45, 2.75) is 26.7 Å². The summed E-state index contributed by atoms with van der Waals surface area (Å²) in [5, 5.41) is 20.8. The fourth-order valence-corrected chi connectivity index (χ4v) is 0.911. The SMILES string of the molecule is CCC(CC)(C(=O)[O-])C(=O)[O-].Cl. The first-order chi connectivity index (χ1) is 5.01. The van der Waals surface area contributed by atoms with Crippen LogP contribution in [0.2, 0.25) is 0 Å². The Labute approximate surface area is 77.0 Å². The van der Waals surface area contributed by atoms with Gasteiger partial charge < -0.3 is 19.8 Å². The number of carboxylic acid groups (broad SMARTS) is 2. The smallest absolute Gasteiger partial charge is 0.0532 e. The number of hydrogen-bond donors (Lipinski definition) is 0. The zero-order valence-corrected chi connectivity index (χ0v) is 7.77. The van der Waals surface area contributed by atoms with Crippen LogP contribution in [-0.4, -0.2) is 11.9 Å². The fraction of sp³-hybridized carbons (Fsp3) is 0.714. The molecule has 5 heteroatoms. The molecule has 0 radical (unpaired) electrons. The summed E-state index contributed by atoms with van der Waals surface area (Å²) in [5.41, 5.74) is -1.81. The average molecular weight is 195 g/mol. The van der Waals surface area contributed by atoms with Crippen LogP contribution in [0.15, 0.2) is 0 Å². The van der Waals surface area contributed by atoms with E-state index in [4.69, 9.17) is 0 Å². The molecule has 0 aromatic carbocycles. The van der Waals surface area contributed by atoms with Crippen LogP contribution in [0.1, 0.15) is 26.7 Å². The summed E-state index contributed by atoms with van der Waals surface area (Å²) in [5.74, 6) is -3.13. The maximum atomic E-state index is 10.4. The quantitative estimate of drug-likeness (QED) is 0.522. The molecule has 0 bridgehead atoms. The Kier molecular flexibility index (Phi) is 5.72. The Hall–Kier alpha value is -0.770. The number of aliphatic carboxylic acids is 2. The van der Waals surface area contributed by atoms with Gasteiger partial charge in [0.25, 0.3) is 0 Å². The molecular weight excluding hydrogens is 184 g/mol. The van der Waals surface area contributed by atoms with Gasteiger partial charge in [-0.05, 0) is 12.8 Å². The first-order valence-corrected chi connectivity index (χ1v) is 3.44. The van der Waals surface area contributed by atoms with Crippen LogP contribution in [0, 0.1) is 5.41 Å². The van der Waals surface area contributed by atoms with Gasteiger partial charge in [0.05, 0.1) is 11.9 Å². The number of carbonyl (C=O) groups is 2. The van der Waals surface area contributed by atoms with E-state index in [1.807, 2.05) is 0 Å². The number of carboxylic acids is 2. The third-order valence-electron chi connectivity index (χ3n) is 1.99. The van der Waals surface area contributed by atoms with E-state index in [1.165, 1.54) is 13.8 Å². The van der Waals surface area contributed by atoms with Gasteiger partial charge in [0.2, 0.25) is 0 Å². The number of hydrogen-bond acceptors (Lipinski definition) is 4. The van der Waals surface area contributed by atoms with E-state index in [0.717, 1.165) is 0 Å². The zero-order chi connectivity index (χ0) is 9.07. The normalized spacial score (nSPS) is 10.2. The minimum Gasteiger partial charge on any atom is -0.549 e. The zero-order valence-electron chi connectivity index (χ0n) is 6.96. The van der Waals surface area contributed by atoms with Gasteiger partial charge in [-0.3, -0.25) is 0 Å². The van der Waals surface area contributed by atoms with Crippen LogP contribution in [0.3, 0.4) is 0 Å². The Morgan fingerprint density at radius 3 is 1.33 bits per heavy atom. The van der Waals surface area contributed by atoms with Crippen LogP contribution >= 0.6 is 12.4 Å². The molecule has 0 aliphatic carbocycles. The second-order valence-electron chi connectivity index (χ2n) is 2.36. The molecule has 0 saturated carbocycles. The maximum absolute atomic E-state index is 10.4. The molecule has 0 unspecified atom stereocenters. The van der Waals surface area contributed by atoms with Crippen LogP contribution in [0.5, 0.6) is 0 Å². The lowest BCUT2D eigenvalue weighted by Gasteiger charge is -2.33. The molecule has 0 aliphatic rings. The molecule has 0 atom stereocenters. The standard InChI is InChI=1S/C7H12O4.ClH/c1-3-7(4-2,5(8)9)6(10)11;/h3-4H2,1-2H3,(H,8,9)(H,10,11);1H/p-2. The van der Waals surface area contributed by atoms with Gasteiger partial charge in [0, 0.05) is 5.41 Å². The highest BCUT2D eigenvalue weighted by atomic mass is 35.5. The second-order valence-corrected chi connectivity index (χ2v) is 2.36. The van der Waals surface area contributed by atoms with E-state index < -0.39 is 17.4 Å². The van der Waals surface area contributed by atoms with E-state index in [2.05, 4.69) is 0 Å². The van der Waals surface area contributed by atoms with Crippen molar-refractivity contribution in [3.05, 3.63) is 0 Å². The highest BCUT2D eigenvalue weighted by Gasteiger charge is 2.29. The molecule has 0 aromatic heterocycles. The van der Waals surface area contributed by atoms with Gasteiger partial charge >= 0.3 is 0 Å². The van der Waals surface area contributed by atoms with Crippen molar-refractivity contribution in [2.75, 3.05) is 0 Å². The lowest BCUT2D eigenvalue weighted by Crippen LogP contribution is -2.53. The Morgan fingerprint density at radius 1 is 1.08 bits per heavy atom. The van der Waals surface area contributed by atoms with Crippen molar-refractivity contribution in [3.8, 4) is 0 Å². The molecule has 0 aromatic rings.